The van der Waals surface area contributed by atoms with E-state index in [-0.39, 0.29) is 22.7 Å². The highest BCUT2D eigenvalue weighted by molar-refractivity contribution is 5.99. The lowest BCUT2D eigenvalue weighted by atomic mass is 9.80. The second kappa shape index (κ2) is 6.74. The quantitative estimate of drug-likeness (QED) is 0.817. The van der Waals surface area contributed by atoms with E-state index < -0.39 is 23.7 Å². The first-order valence-electron chi connectivity index (χ1n) is 9.19. The van der Waals surface area contributed by atoms with Crippen LogP contribution in [0.25, 0.3) is 11.1 Å². The fourth-order valence-corrected chi connectivity index (χ4v) is 3.98. The zero-order valence-electron chi connectivity index (χ0n) is 15.0. The van der Waals surface area contributed by atoms with Crippen LogP contribution in [0.3, 0.4) is 0 Å². The van der Waals surface area contributed by atoms with Crippen molar-refractivity contribution in [1.29, 1.82) is 0 Å². The molecule has 2 atom stereocenters. The summed E-state index contributed by atoms with van der Waals surface area (Å²) in [6.07, 6.45) is -3.21. The van der Waals surface area contributed by atoms with Crippen LogP contribution in [0.15, 0.2) is 59.7 Å². The van der Waals surface area contributed by atoms with Crippen molar-refractivity contribution in [2.45, 2.75) is 37.6 Å². The van der Waals surface area contributed by atoms with Gasteiger partial charge in [-0.3, -0.25) is 4.79 Å². The Balaban J connectivity index is 1.67. The first-order chi connectivity index (χ1) is 13.3. The molecule has 1 fully saturated rings. The van der Waals surface area contributed by atoms with Gasteiger partial charge in [0.1, 0.15) is 0 Å². The van der Waals surface area contributed by atoms with Gasteiger partial charge in [0.15, 0.2) is 0 Å². The molecule has 0 radical (unpaired) electrons. The second-order valence-electron chi connectivity index (χ2n) is 7.17. The number of carbonyl (C=O) groups is 1. The van der Waals surface area contributed by atoms with Crippen LogP contribution in [0.4, 0.5) is 13.2 Å². The first kappa shape index (κ1) is 18.7. The molecule has 0 aromatic heterocycles. The van der Waals surface area contributed by atoms with Crippen molar-refractivity contribution in [2.75, 3.05) is 0 Å². The summed E-state index contributed by atoms with van der Waals surface area (Å²) in [6, 6.07) is 15.7. The fourth-order valence-electron chi connectivity index (χ4n) is 3.98. The third kappa shape index (κ3) is 2.90. The molecular weight excluding hydrogens is 369 g/mol. The van der Waals surface area contributed by atoms with Crippen LogP contribution in [-0.2, 0) is 0 Å². The van der Waals surface area contributed by atoms with Crippen LogP contribution in [0, 0.1) is 5.92 Å². The zero-order valence-corrected chi connectivity index (χ0v) is 15.0. The highest BCUT2D eigenvalue weighted by Gasteiger charge is 2.68. The maximum Gasteiger partial charge on any atom is 0.439 e. The summed E-state index contributed by atoms with van der Waals surface area (Å²) < 4.78 is 41.4. The number of halogens is 3. The smallest absolute Gasteiger partial charge is 0.362 e. The van der Waals surface area contributed by atoms with Gasteiger partial charge in [-0.2, -0.15) is 23.3 Å². The lowest BCUT2D eigenvalue weighted by Gasteiger charge is -2.38. The Hall–Kier alpha value is -2.67. The van der Waals surface area contributed by atoms with Crippen molar-refractivity contribution in [3.05, 3.63) is 60.2 Å². The highest BCUT2D eigenvalue weighted by atomic mass is 19.4. The van der Waals surface area contributed by atoms with E-state index in [9.17, 15) is 23.1 Å². The number of rotatable bonds is 2. The van der Waals surface area contributed by atoms with E-state index in [0.717, 1.165) is 11.1 Å². The van der Waals surface area contributed by atoms with E-state index in [1.807, 2.05) is 30.3 Å². The van der Waals surface area contributed by atoms with Crippen molar-refractivity contribution in [3.8, 4) is 11.1 Å². The standard InChI is InChI=1S/C21H19F3N2O2/c22-21(23,24)20(28)17-8-4-5-9-18(17)25-26(20)19(27)16-12-10-15(11-13-16)14-6-2-1-3-7-14/h1-3,6-7,10-13,17,28H,4-5,8-9H2. The van der Waals surface area contributed by atoms with Crippen LogP contribution in [0.5, 0.6) is 0 Å². The van der Waals surface area contributed by atoms with Crippen LogP contribution >= 0.6 is 0 Å². The zero-order chi connectivity index (χ0) is 19.9. The number of hydrazone groups is 1. The summed E-state index contributed by atoms with van der Waals surface area (Å²) in [5.41, 5.74) is -1.23. The second-order valence-corrected chi connectivity index (χ2v) is 7.17. The number of fused-ring (bicyclic) bond motifs is 1. The van der Waals surface area contributed by atoms with Crippen molar-refractivity contribution in [2.24, 2.45) is 11.0 Å². The number of benzene rings is 2. The van der Waals surface area contributed by atoms with Gasteiger partial charge in [0.25, 0.3) is 11.6 Å². The van der Waals surface area contributed by atoms with Crippen LogP contribution in [-0.4, -0.2) is 33.6 Å². The number of nitrogens with zero attached hydrogens (tertiary/aromatic N) is 2. The molecule has 1 heterocycles. The van der Waals surface area contributed by atoms with Gasteiger partial charge in [-0.1, -0.05) is 48.9 Å². The molecule has 1 amide bonds. The molecule has 2 aromatic carbocycles. The number of alkyl halides is 3. The van der Waals surface area contributed by atoms with Crippen LogP contribution < -0.4 is 0 Å². The summed E-state index contributed by atoms with van der Waals surface area (Å²) in [4.78, 5) is 12.9. The van der Waals surface area contributed by atoms with Crippen molar-refractivity contribution in [1.82, 2.24) is 5.01 Å². The fraction of sp³-hybridized carbons (Fsp3) is 0.333. The van der Waals surface area contributed by atoms with Gasteiger partial charge in [0.2, 0.25) is 0 Å². The molecule has 7 heteroatoms. The molecule has 0 saturated heterocycles. The third-order valence-corrected chi connectivity index (χ3v) is 5.46. The lowest BCUT2D eigenvalue weighted by molar-refractivity contribution is -0.312. The van der Waals surface area contributed by atoms with E-state index in [4.69, 9.17) is 0 Å². The molecule has 2 aromatic rings. The molecule has 4 rings (SSSR count). The van der Waals surface area contributed by atoms with Crippen molar-refractivity contribution < 1.29 is 23.1 Å². The average molecular weight is 388 g/mol. The topological polar surface area (TPSA) is 52.9 Å². The molecule has 1 aliphatic heterocycles. The predicted molar refractivity (Wildman–Crippen MR) is 98.4 cm³/mol. The number of carbonyl (C=O) groups excluding carboxylic acids is 1. The molecule has 0 bridgehead atoms. The van der Waals surface area contributed by atoms with Gasteiger partial charge in [-0.25, -0.2) is 0 Å². The predicted octanol–water partition coefficient (Wildman–Crippen LogP) is 4.61. The molecule has 146 valence electrons. The Morgan fingerprint density at radius 1 is 1.04 bits per heavy atom. The maximum absolute atomic E-state index is 13.8. The largest absolute Gasteiger partial charge is 0.439 e. The van der Waals surface area contributed by atoms with Gasteiger partial charge < -0.3 is 5.11 Å². The number of aliphatic hydroxyl groups is 1. The maximum atomic E-state index is 13.8. The molecule has 28 heavy (non-hydrogen) atoms. The van der Waals surface area contributed by atoms with Gasteiger partial charge in [-0.15, -0.1) is 0 Å². The molecule has 0 spiro atoms. The van der Waals surface area contributed by atoms with Gasteiger partial charge >= 0.3 is 6.18 Å². The lowest BCUT2D eigenvalue weighted by Crippen LogP contribution is -2.61. The van der Waals surface area contributed by atoms with Crippen molar-refractivity contribution >= 4 is 11.6 Å². The molecular formula is C21H19F3N2O2. The molecule has 1 N–H and O–H groups in total. The van der Waals surface area contributed by atoms with Crippen molar-refractivity contribution in [3.63, 3.8) is 0 Å². The SMILES string of the molecule is O=C(c1ccc(-c2ccccc2)cc1)N1N=C2CCCCC2C1(O)C(F)(F)F. The minimum Gasteiger partial charge on any atom is -0.362 e. The normalized spacial score (nSPS) is 24.6. The van der Waals surface area contributed by atoms with Gasteiger partial charge in [0, 0.05) is 11.3 Å². The van der Waals surface area contributed by atoms with E-state index >= 15 is 0 Å². The first-order valence-corrected chi connectivity index (χ1v) is 9.19. The molecule has 1 saturated carbocycles. The number of hydrogen-bond acceptors (Lipinski definition) is 3. The minimum atomic E-state index is -5.00. The Labute approximate surface area is 160 Å². The van der Waals surface area contributed by atoms with Crippen LogP contribution in [0.2, 0.25) is 0 Å². The van der Waals surface area contributed by atoms with E-state index in [1.54, 1.807) is 12.1 Å². The van der Waals surface area contributed by atoms with E-state index in [2.05, 4.69) is 5.10 Å². The summed E-state index contributed by atoms with van der Waals surface area (Å²) in [5, 5.41) is 14.8. The third-order valence-electron chi connectivity index (χ3n) is 5.46. The van der Waals surface area contributed by atoms with E-state index in [0.29, 0.717) is 19.3 Å². The Morgan fingerprint density at radius 3 is 2.32 bits per heavy atom. The van der Waals surface area contributed by atoms with Crippen LogP contribution in [0.1, 0.15) is 36.0 Å². The minimum absolute atomic E-state index is 0.0466. The molecule has 2 aliphatic rings. The summed E-state index contributed by atoms with van der Waals surface area (Å²) >= 11 is 0. The highest BCUT2D eigenvalue weighted by Crippen LogP contribution is 2.48. The summed E-state index contributed by atoms with van der Waals surface area (Å²) in [6.45, 7) is 0. The Kier molecular flexibility index (Phi) is 4.50. The summed E-state index contributed by atoms with van der Waals surface area (Å²) in [7, 11) is 0. The summed E-state index contributed by atoms with van der Waals surface area (Å²) in [5.74, 6) is -2.16. The monoisotopic (exact) mass is 388 g/mol. The Morgan fingerprint density at radius 2 is 1.68 bits per heavy atom. The molecule has 1 aliphatic carbocycles. The van der Waals surface area contributed by atoms with Gasteiger partial charge in [-0.05, 0) is 42.5 Å². The number of amides is 1. The molecule has 4 nitrogen and oxygen atoms in total. The van der Waals surface area contributed by atoms with E-state index in [1.165, 1.54) is 12.1 Å². The Bertz CT molecular complexity index is 909. The molecule has 2 unspecified atom stereocenters. The average Bonchev–Trinajstić information content (AvgIpc) is 3.02. The number of hydrogen-bond donors (Lipinski definition) is 1. The van der Waals surface area contributed by atoms with Gasteiger partial charge in [0.05, 0.1) is 5.92 Å².